The normalized spacial score (nSPS) is 16.6. The summed E-state index contributed by atoms with van der Waals surface area (Å²) in [7, 11) is 1.95. The van der Waals surface area contributed by atoms with E-state index in [1.165, 1.54) is 0 Å². The molecule has 0 unspecified atom stereocenters. The van der Waals surface area contributed by atoms with Gasteiger partial charge in [0.1, 0.15) is 0 Å². The minimum absolute atomic E-state index is 0.131. The summed E-state index contributed by atoms with van der Waals surface area (Å²) in [5.74, 6) is 0. The van der Waals surface area contributed by atoms with Gasteiger partial charge in [0, 0.05) is 49.6 Å². The summed E-state index contributed by atoms with van der Waals surface area (Å²) in [4.78, 5) is 14.0. The number of hydrogen-bond acceptors (Lipinski definition) is 4. The van der Waals surface area contributed by atoms with Crippen LogP contribution >= 0.6 is 0 Å². The van der Waals surface area contributed by atoms with E-state index in [0.29, 0.717) is 24.9 Å². The molecule has 5 nitrogen and oxygen atoms in total. The van der Waals surface area contributed by atoms with Gasteiger partial charge in [-0.15, -0.1) is 0 Å². The molecule has 0 amide bonds. The van der Waals surface area contributed by atoms with E-state index in [4.69, 9.17) is 0 Å². The second kappa shape index (κ2) is 5.96. The van der Waals surface area contributed by atoms with Gasteiger partial charge >= 0.3 is 6.18 Å². The van der Waals surface area contributed by atoms with Crippen LogP contribution < -0.4 is 0 Å². The van der Waals surface area contributed by atoms with Gasteiger partial charge in [0.05, 0.1) is 10.5 Å². The van der Waals surface area contributed by atoms with Crippen LogP contribution in [0.4, 0.5) is 18.9 Å². The number of likely N-dealkylation sites (N-methyl/N-ethyl adjacent to an activating group) is 1. The van der Waals surface area contributed by atoms with Crippen molar-refractivity contribution < 1.29 is 18.1 Å². The number of benzene rings is 1. The fourth-order valence-corrected chi connectivity index (χ4v) is 2.31. The SMILES string of the molecule is C=C(c1cc([N+](=O)[O-])cc(C(F)(F)F)c1)N1CCN(C)CC1. The maximum atomic E-state index is 12.9. The molecule has 0 bridgehead atoms. The third kappa shape index (κ3) is 3.56. The van der Waals surface area contributed by atoms with Gasteiger partial charge < -0.3 is 9.80 Å². The first-order valence-corrected chi connectivity index (χ1v) is 6.68. The van der Waals surface area contributed by atoms with E-state index in [0.717, 1.165) is 25.2 Å². The van der Waals surface area contributed by atoms with Crippen LogP contribution in [0.5, 0.6) is 0 Å². The highest BCUT2D eigenvalue weighted by Gasteiger charge is 2.33. The molecule has 1 aliphatic heterocycles. The van der Waals surface area contributed by atoms with Gasteiger partial charge in [0.2, 0.25) is 0 Å². The molecule has 120 valence electrons. The molecule has 0 saturated carbocycles. The van der Waals surface area contributed by atoms with E-state index in [2.05, 4.69) is 11.5 Å². The molecular formula is C14H16F3N3O2. The van der Waals surface area contributed by atoms with Gasteiger partial charge in [-0.2, -0.15) is 13.2 Å². The minimum Gasteiger partial charge on any atom is -0.369 e. The largest absolute Gasteiger partial charge is 0.416 e. The van der Waals surface area contributed by atoms with E-state index in [9.17, 15) is 23.3 Å². The molecule has 2 rings (SSSR count). The standard InChI is InChI=1S/C14H16F3N3O2/c1-10(19-5-3-18(2)4-6-19)11-7-12(14(15,16)17)9-13(8-11)20(21)22/h7-9H,1,3-6H2,2H3. The summed E-state index contributed by atoms with van der Waals surface area (Å²) >= 11 is 0. The number of nitrogens with zero attached hydrogens (tertiary/aromatic N) is 3. The van der Waals surface area contributed by atoms with Crippen molar-refractivity contribution in [1.29, 1.82) is 0 Å². The van der Waals surface area contributed by atoms with Gasteiger partial charge in [-0.3, -0.25) is 10.1 Å². The summed E-state index contributed by atoms with van der Waals surface area (Å²) in [5.41, 5.74) is -1.11. The number of nitro groups is 1. The van der Waals surface area contributed by atoms with Gasteiger partial charge in [-0.1, -0.05) is 6.58 Å². The highest BCUT2D eigenvalue weighted by molar-refractivity contribution is 5.65. The van der Waals surface area contributed by atoms with Crippen LogP contribution in [0.15, 0.2) is 24.8 Å². The first-order chi connectivity index (χ1) is 10.2. The fourth-order valence-electron chi connectivity index (χ4n) is 2.31. The molecule has 1 heterocycles. The molecular weight excluding hydrogens is 299 g/mol. The second-order valence-corrected chi connectivity index (χ2v) is 5.26. The minimum atomic E-state index is -4.64. The van der Waals surface area contributed by atoms with Gasteiger partial charge in [-0.05, 0) is 13.1 Å². The highest BCUT2D eigenvalue weighted by atomic mass is 19.4. The monoisotopic (exact) mass is 315 g/mol. The van der Waals surface area contributed by atoms with Crippen molar-refractivity contribution >= 4 is 11.4 Å². The number of hydrogen-bond donors (Lipinski definition) is 0. The Morgan fingerprint density at radius 2 is 1.82 bits per heavy atom. The van der Waals surface area contributed by atoms with Crippen LogP contribution in [0.3, 0.4) is 0 Å². The Morgan fingerprint density at radius 1 is 1.23 bits per heavy atom. The lowest BCUT2D eigenvalue weighted by atomic mass is 10.1. The van der Waals surface area contributed by atoms with Gasteiger partial charge in [0.25, 0.3) is 5.69 Å². The number of halogens is 3. The number of nitro benzene ring substituents is 1. The van der Waals surface area contributed by atoms with Crippen LogP contribution in [0.1, 0.15) is 11.1 Å². The zero-order valence-corrected chi connectivity index (χ0v) is 12.1. The molecule has 1 fully saturated rings. The number of rotatable bonds is 3. The smallest absolute Gasteiger partial charge is 0.369 e. The zero-order valence-electron chi connectivity index (χ0n) is 12.1. The summed E-state index contributed by atoms with van der Waals surface area (Å²) in [5, 5.41) is 10.9. The predicted molar refractivity (Wildman–Crippen MR) is 76.2 cm³/mol. The van der Waals surface area contributed by atoms with Crippen LogP contribution in [-0.2, 0) is 6.18 Å². The summed E-state index contributed by atoms with van der Waals surface area (Å²) in [6, 6.07) is 2.59. The molecule has 0 aromatic heterocycles. The first kappa shape index (κ1) is 16.3. The van der Waals surface area contributed by atoms with E-state index in [-0.39, 0.29) is 5.56 Å². The first-order valence-electron chi connectivity index (χ1n) is 6.68. The van der Waals surface area contributed by atoms with E-state index in [1.807, 2.05) is 11.9 Å². The molecule has 0 aliphatic carbocycles. The maximum Gasteiger partial charge on any atom is 0.416 e. The molecule has 1 aliphatic rings. The number of alkyl halides is 3. The lowest BCUT2D eigenvalue weighted by Crippen LogP contribution is -2.43. The van der Waals surface area contributed by atoms with Crippen molar-refractivity contribution in [2.24, 2.45) is 0 Å². The van der Waals surface area contributed by atoms with E-state index < -0.39 is 22.4 Å². The Bertz CT molecular complexity index is 593. The van der Waals surface area contributed by atoms with Crippen molar-refractivity contribution in [3.63, 3.8) is 0 Å². The summed E-state index contributed by atoms with van der Waals surface area (Å²) in [6.07, 6.45) is -4.64. The Hall–Kier alpha value is -2.09. The average molecular weight is 315 g/mol. The molecule has 22 heavy (non-hydrogen) atoms. The quantitative estimate of drug-likeness (QED) is 0.636. The average Bonchev–Trinajstić information content (AvgIpc) is 2.46. The maximum absolute atomic E-state index is 12.9. The lowest BCUT2D eigenvalue weighted by Gasteiger charge is -2.35. The Morgan fingerprint density at radius 3 is 2.32 bits per heavy atom. The van der Waals surface area contributed by atoms with Crippen LogP contribution in [0, 0.1) is 10.1 Å². The van der Waals surface area contributed by atoms with Crippen molar-refractivity contribution in [2.45, 2.75) is 6.18 Å². The predicted octanol–water partition coefficient (Wildman–Crippen LogP) is 2.83. The highest BCUT2D eigenvalue weighted by Crippen LogP contribution is 2.34. The van der Waals surface area contributed by atoms with Crippen molar-refractivity contribution in [3.05, 3.63) is 46.0 Å². The number of piperazine rings is 1. The van der Waals surface area contributed by atoms with Crippen LogP contribution in [0.2, 0.25) is 0 Å². The fraction of sp³-hybridized carbons (Fsp3) is 0.429. The second-order valence-electron chi connectivity index (χ2n) is 5.26. The summed E-state index contributed by atoms with van der Waals surface area (Å²) in [6.45, 7) is 6.59. The number of non-ortho nitro benzene ring substituents is 1. The van der Waals surface area contributed by atoms with E-state index >= 15 is 0 Å². The Balaban J connectivity index is 2.35. The molecule has 1 saturated heterocycles. The third-order valence-electron chi connectivity index (χ3n) is 3.67. The van der Waals surface area contributed by atoms with Crippen molar-refractivity contribution in [2.75, 3.05) is 33.2 Å². The molecule has 1 aromatic carbocycles. The summed E-state index contributed by atoms with van der Waals surface area (Å²) < 4.78 is 38.7. The Labute approximate surface area is 125 Å². The Kier molecular flexibility index (Phi) is 4.41. The van der Waals surface area contributed by atoms with Crippen molar-refractivity contribution in [1.82, 2.24) is 9.80 Å². The van der Waals surface area contributed by atoms with Crippen molar-refractivity contribution in [3.8, 4) is 0 Å². The van der Waals surface area contributed by atoms with Crippen LogP contribution in [0.25, 0.3) is 5.70 Å². The lowest BCUT2D eigenvalue weighted by molar-refractivity contribution is -0.385. The van der Waals surface area contributed by atoms with Gasteiger partial charge in [-0.25, -0.2) is 0 Å². The topological polar surface area (TPSA) is 49.6 Å². The molecule has 0 spiro atoms. The molecule has 8 heteroatoms. The molecule has 0 radical (unpaired) electrons. The zero-order chi connectivity index (χ0) is 16.5. The molecule has 0 N–H and O–H groups in total. The van der Waals surface area contributed by atoms with Gasteiger partial charge in [0.15, 0.2) is 0 Å². The third-order valence-corrected chi connectivity index (χ3v) is 3.67. The molecule has 1 aromatic rings. The molecule has 0 atom stereocenters. The van der Waals surface area contributed by atoms with E-state index in [1.54, 1.807) is 0 Å². The van der Waals surface area contributed by atoms with Crippen LogP contribution in [-0.4, -0.2) is 47.9 Å².